The van der Waals surface area contributed by atoms with Gasteiger partial charge in [0.25, 0.3) is 0 Å². The molecule has 0 heterocycles. The summed E-state index contributed by atoms with van der Waals surface area (Å²) in [7, 11) is 1.32. The molecule has 0 aliphatic rings. The van der Waals surface area contributed by atoms with Crippen molar-refractivity contribution in [1.29, 1.82) is 0 Å². The summed E-state index contributed by atoms with van der Waals surface area (Å²) in [5.74, 6) is -0.453. The first kappa shape index (κ1) is 20.9. The smallest absolute Gasteiger partial charge is 0.349 e. The number of methoxy groups -OCH3 is 1. The number of carbonyl (C=O) groups excluding carboxylic acids is 2. The van der Waals surface area contributed by atoms with Crippen molar-refractivity contribution in [2.45, 2.75) is 19.4 Å². The van der Waals surface area contributed by atoms with Crippen LogP contribution in [0.1, 0.15) is 29.8 Å². The van der Waals surface area contributed by atoms with E-state index < -0.39 is 11.6 Å². The highest BCUT2D eigenvalue weighted by Crippen LogP contribution is 2.15. The second kappa shape index (κ2) is 9.96. The van der Waals surface area contributed by atoms with Crippen LogP contribution in [-0.4, -0.2) is 28.8 Å². The van der Waals surface area contributed by atoms with Gasteiger partial charge in [-0.2, -0.15) is 0 Å². The van der Waals surface area contributed by atoms with Crippen LogP contribution in [0.15, 0.2) is 60.7 Å². The zero-order valence-corrected chi connectivity index (χ0v) is 16.0. The van der Waals surface area contributed by atoms with Crippen molar-refractivity contribution in [1.82, 2.24) is 0 Å². The molecule has 0 saturated carbocycles. The fraction of sp³-hybridized carbons (Fsp3) is 0.211. The number of benzene rings is 2. The summed E-state index contributed by atoms with van der Waals surface area (Å²) >= 11 is 8.75. The zero-order valence-electron chi connectivity index (χ0n) is 14.3. The Kier molecular flexibility index (Phi) is 8.31. The Morgan fingerprint density at radius 3 is 1.72 bits per heavy atom. The van der Waals surface area contributed by atoms with Gasteiger partial charge in [-0.05, 0) is 26.1 Å². The quantitative estimate of drug-likeness (QED) is 0.495. The van der Waals surface area contributed by atoms with E-state index in [1.165, 1.54) is 7.11 Å². The maximum absolute atomic E-state index is 11.4. The minimum Gasteiger partial charge on any atom is -0.466 e. The van der Waals surface area contributed by atoms with Crippen LogP contribution in [0, 0.1) is 0 Å². The number of carbonyl (C=O) groups is 2. The summed E-state index contributed by atoms with van der Waals surface area (Å²) in [6.07, 6.45) is 0. The predicted octanol–water partition coefficient (Wildman–Crippen LogP) is 4.09. The summed E-state index contributed by atoms with van der Waals surface area (Å²) in [5, 5.41) is 0.103. The third-order valence-electron chi connectivity index (χ3n) is 3.06. The molecule has 0 N–H and O–H groups in total. The molecule has 2 aromatic rings. The third kappa shape index (κ3) is 7.07. The molecule has 0 amide bonds. The highest BCUT2D eigenvalue weighted by molar-refractivity contribution is 7.97. The van der Waals surface area contributed by atoms with Crippen LogP contribution in [0.5, 0.6) is 0 Å². The molecule has 4 nitrogen and oxygen atoms in total. The lowest BCUT2D eigenvalue weighted by Gasteiger charge is -2.23. The summed E-state index contributed by atoms with van der Waals surface area (Å²) in [5.41, 5.74) is 0.345. The second-order valence-corrected chi connectivity index (χ2v) is 6.21. The summed E-state index contributed by atoms with van der Waals surface area (Å²) in [6.45, 7) is 3.24. The van der Waals surface area contributed by atoms with Gasteiger partial charge in [0.1, 0.15) is 0 Å². The first-order valence-electron chi connectivity index (χ1n) is 7.43. The summed E-state index contributed by atoms with van der Waals surface area (Å²) in [4.78, 5) is 21.9. The lowest BCUT2D eigenvalue weighted by Crippen LogP contribution is -2.37. The molecule has 0 radical (unpaired) electrons. The lowest BCUT2D eigenvalue weighted by atomic mass is 10.1. The zero-order chi connectivity index (χ0) is 18.9. The van der Waals surface area contributed by atoms with Gasteiger partial charge in [-0.15, -0.1) is 12.6 Å². The van der Waals surface area contributed by atoms with Gasteiger partial charge < -0.3 is 9.47 Å². The van der Waals surface area contributed by atoms with Crippen LogP contribution >= 0.6 is 24.8 Å². The van der Waals surface area contributed by atoms with E-state index >= 15 is 0 Å². The van der Waals surface area contributed by atoms with Crippen LogP contribution in [0.25, 0.3) is 0 Å². The largest absolute Gasteiger partial charge is 0.466 e. The Morgan fingerprint density at radius 2 is 1.36 bits per heavy atom. The van der Waals surface area contributed by atoms with Gasteiger partial charge in [-0.25, -0.2) is 4.79 Å². The number of hydrogen-bond acceptors (Lipinski definition) is 5. The van der Waals surface area contributed by atoms with Crippen LogP contribution in [0.2, 0.25) is 0 Å². The molecule has 0 aliphatic heterocycles. The standard InChI is InChI=1S/C12H14O3S.C7H6OS/c1-12(2,11(13)14-3)15-10(16)9-7-5-4-6-8-9;8-7(9)6-4-2-1-3-5-6/h4-8H,1-3H3;1-5H,(H,8,9). The van der Waals surface area contributed by atoms with Crippen molar-refractivity contribution in [3.8, 4) is 0 Å². The van der Waals surface area contributed by atoms with Gasteiger partial charge in [0.15, 0.2) is 5.05 Å². The molecule has 2 rings (SSSR count). The minimum absolute atomic E-state index is 0.185. The fourth-order valence-electron chi connectivity index (χ4n) is 1.73. The molecule has 0 bridgehead atoms. The van der Waals surface area contributed by atoms with Crippen molar-refractivity contribution in [2.24, 2.45) is 0 Å². The molecule has 25 heavy (non-hydrogen) atoms. The van der Waals surface area contributed by atoms with Gasteiger partial charge in [-0.1, -0.05) is 60.7 Å². The normalized spacial score (nSPS) is 10.1. The van der Waals surface area contributed by atoms with Crippen molar-refractivity contribution >= 4 is 41.0 Å². The molecule has 0 atom stereocenters. The number of ether oxygens (including phenoxy) is 2. The Morgan fingerprint density at radius 1 is 0.920 bits per heavy atom. The molecular weight excluding hydrogens is 356 g/mol. The van der Waals surface area contributed by atoms with Gasteiger partial charge in [0, 0.05) is 11.1 Å². The second-order valence-electron chi connectivity index (χ2n) is 5.43. The Labute approximate surface area is 158 Å². The molecule has 2 aromatic carbocycles. The summed E-state index contributed by atoms with van der Waals surface area (Å²) in [6, 6.07) is 18.2. The lowest BCUT2D eigenvalue weighted by molar-refractivity contribution is -0.156. The van der Waals surface area contributed by atoms with Crippen LogP contribution < -0.4 is 0 Å². The van der Waals surface area contributed by atoms with E-state index in [9.17, 15) is 9.59 Å². The molecule has 0 unspecified atom stereocenters. The van der Waals surface area contributed by atoms with Gasteiger partial charge in [0.05, 0.1) is 7.11 Å². The average molecular weight is 376 g/mol. The molecule has 0 aliphatic carbocycles. The van der Waals surface area contributed by atoms with Crippen molar-refractivity contribution in [3.63, 3.8) is 0 Å². The number of rotatable bonds is 4. The molecule has 0 saturated heterocycles. The van der Waals surface area contributed by atoms with E-state index in [0.29, 0.717) is 5.56 Å². The molecular formula is C19H20O4S2. The SMILES string of the molecule is COC(=O)C(C)(C)OC(=S)c1ccccc1.O=C(S)c1ccccc1. The maximum atomic E-state index is 11.4. The molecule has 6 heteroatoms. The average Bonchev–Trinajstić information content (AvgIpc) is 2.62. The minimum atomic E-state index is -1.07. The Hall–Kier alpha value is -2.18. The number of esters is 1. The fourth-order valence-corrected chi connectivity index (χ4v) is 2.23. The van der Waals surface area contributed by atoms with Crippen LogP contribution in [0.3, 0.4) is 0 Å². The Balaban J connectivity index is 0.000000293. The highest BCUT2D eigenvalue weighted by atomic mass is 32.1. The van der Waals surface area contributed by atoms with Gasteiger partial charge in [0.2, 0.25) is 10.7 Å². The van der Waals surface area contributed by atoms with Crippen molar-refractivity contribution < 1.29 is 19.1 Å². The van der Waals surface area contributed by atoms with Crippen LogP contribution in [0.4, 0.5) is 0 Å². The van der Waals surface area contributed by atoms with E-state index in [4.69, 9.17) is 17.0 Å². The molecule has 132 valence electrons. The number of thiol groups is 1. The first-order chi connectivity index (χ1) is 11.8. The van der Waals surface area contributed by atoms with Crippen LogP contribution in [-0.2, 0) is 14.3 Å². The van der Waals surface area contributed by atoms with E-state index in [-0.39, 0.29) is 10.2 Å². The Bertz CT molecular complexity index is 713. The number of thiocarbonyl (C=S) groups is 1. The first-order valence-corrected chi connectivity index (χ1v) is 8.28. The van der Waals surface area contributed by atoms with Crippen molar-refractivity contribution in [3.05, 3.63) is 71.8 Å². The van der Waals surface area contributed by atoms with Gasteiger partial charge >= 0.3 is 5.97 Å². The molecule has 0 fully saturated rings. The van der Waals surface area contributed by atoms with E-state index in [0.717, 1.165) is 5.56 Å². The van der Waals surface area contributed by atoms with E-state index in [2.05, 4.69) is 17.4 Å². The third-order valence-corrected chi connectivity index (χ3v) is 3.63. The maximum Gasteiger partial charge on any atom is 0.349 e. The van der Waals surface area contributed by atoms with Gasteiger partial charge in [-0.3, -0.25) is 4.79 Å². The predicted molar refractivity (Wildman–Crippen MR) is 105 cm³/mol. The topological polar surface area (TPSA) is 52.6 Å². The monoisotopic (exact) mass is 376 g/mol. The summed E-state index contributed by atoms with van der Waals surface area (Å²) < 4.78 is 10.1. The molecule has 0 spiro atoms. The highest BCUT2D eigenvalue weighted by Gasteiger charge is 2.32. The van der Waals surface area contributed by atoms with Crippen molar-refractivity contribution in [2.75, 3.05) is 7.11 Å². The number of hydrogen-bond donors (Lipinski definition) is 1. The van der Waals surface area contributed by atoms with E-state index in [1.807, 2.05) is 48.5 Å². The molecule has 0 aromatic heterocycles. The van der Waals surface area contributed by atoms with E-state index in [1.54, 1.807) is 26.0 Å².